The van der Waals surface area contributed by atoms with Crippen molar-refractivity contribution in [2.75, 3.05) is 51.7 Å². The van der Waals surface area contributed by atoms with Crippen LogP contribution < -0.4 is 0 Å². The number of unbranched alkanes of at least 4 members (excludes halogenated alkanes) is 2. The molecule has 0 spiro atoms. The van der Waals surface area contributed by atoms with Gasteiger partial charge in [0.15, 0.2) is 0 Å². The molecule has 2 saturated heterocycles. The predicted molar refractivity (Wildman–Crippen MR) is 84.9 cm³/mol. The first-order chi connectivity index (χ1) is 10.1. The summed E-state index contributed by atoms with van der Waals surface area (Å²) in [6.07, 6.45) is 5.02. The van der Waals surface area contributed by atoms with Gasteiger partial charge in [-0.05, 0) is 25.2 Å². The second kappa shape index (κ2) is 8.46. The monoisotopic (exact) mass is 318 g/mol. The van der Waals surface area contributed by atoms with E-state index in [4.69, 9.17) is 4.74 Å². The van der Waals surface area contributed by atoms with Crippen LogP contribution in [0.2, 0.25) is 0 Å². The predicted octanol–water partition coefficient (Wildman–Crippen LogP) is 1.55. The first kappa shape index (κ1) is 17.2. The Morgan fingerprint density at radius 1 is 1.14 bits per heavy atom. The first-order valence-corrected chi connectivity index (χ1v) is 10.0. The van der Waals surface area contributed by atoms with Gasteiger partial charge in [-0.1, -0.05) is 19.8 Å². The maximum Gasteiger partial charge on any atom is 0.214 e. The second-order valence-corrected chi connectivity index (χ2v) is 8.39. The van der Waals surface area contributed by atoms with E-state index in [2.05, 4.69) is 11.8 Å². The van der Waals surface area contributed by atoms with Gasteiger partial charge in [0.05, 0.1) is 19.0 Å². The van der Waals surface area contributed by atoms with Crippen molar-refractivity contribution in [2.45, 2.75) is 39.0 Å². The standard InChI is InChI=1S/C15H30N2O3S/c1-2-3-4-12-21(18,19)17-7-5-6-15(14-17)13-16-8-10-20-11-9-16/h15H,2-14H2,1H3/t15-/m0/s1. The average Bonchev–Trinajstić information content (AvgIpc) is 2.49. The van der Waals surface area contributed by atoms with Gasteiger partial charge >= 0.3 is 0 Å². The average molecular weight is 318 g/mol. The smallest absolute Gasteiger partial charge is 0.214 e. The van der Waals surface area contributed by atoms with E-state index in [1.807, 2.05) is 0 Å². The maximum absolute atomic E-state index is 12.4. The van der Waals surface area contributed by atoms with Crippen LogP contribution in [-0.2, 0) is 14.8 Å². The van der Waals surface area contributed by atoms with Crippen molar-refractivity contribution >= 4 is 10.0 Å². The van der Waals surface area contributed by atoms with Crippen LogP contribution in [0.25, 0.3) is 0 Å². The molecule has 2 fully saturated rings. The highest BCUT2D eigenvalue weighted by atomic mass is 32.2. The van der Waals surface area contributed by atoms with Gasteiger partial charge in [-0.15, -0.1) is 0 Å². The molecule has 0 aliphatic carbocycles. The van der Waals surface area contributed by atoms with Crippen molar-refractivity contribution in [3.8, 4) is 0 Å². The van der Waals surface area contributed by atoms with Gasteiger partial charge in [0.25, 0.3) is 0 Å². The van der Waals surface area contributed by atoms with Gasteiger partial charge in [0.2, 0.25) is 10.0 Å². The molecule has 2 aliphatic rings. The third-order valence-electron chi connectivity index (χ3n) is 4.50. The zero-order chi connectivity index (χ0) is 15.1. The van der Waals surface area contributed by atoms with Gasteiger partial charge in [-0.25, -0.2) is 12.7 Å². The zero-order valence-corrected chi connectivity index (χ0v) is 14.1. The van der Waals surface area contributed by atoms with E-state index in [-0.39, 0.29) is 0 Å². The van der Waals surface area contributed by atoms with Gasteiger partial charge in [-0.2, -0.15) is 0 Å². The van der Waals surface area contributed by atoms with Crippen LogP contribution in [0, 0.1) is 5.92 Å². The van der Waals surface area contributed by atoms with Crippen molar-refractivity contribution in [3.05, 3.63) is 0 Å². The molecule has 0 amide bonds. The number of nitrogens with zero attached hydrogens (tertiary/aromatic N) is 2. The quantitative estimate of drug-likeness (QED) is 0.668. The molecule has 0 bridgehead atoms. The molecule has 1 atom stereocenters. The lowest BCUT2D eigenvalue weighted by molar-refractivity contribution is 0.0265. The van der Waals surface area contributed by atoms with E-state index >= 15 is 0 Å². The number of morpholine rings is 1. The Kier molecular flexibility index (Phi) is 6.92. The molecule has 0 N–H and O–H groups in total. The largest absolute Gasteiger partial charge is 0.379 e. The lowest BCUT2D eigenvalue weighted by atomic mass is 9.99. The molecule has 2 rings (SSSR count). The Labute approximate surface area is 129 Å². The molecule has 0 radical (unpaired) electrons. The Morgan fingerprint density at radius 3 is 2.62 bits per heavy atom. The van der Waals surface area contributed by atoms with Crippen molar-refractivity contribution in [2.24, 2.45) is 5.92 Å². The Morgan fingerprint density at radius 2 is 1.90 bits per heavy atom. The number of ether oxygens (including phenoxy) is 1. The zero-order valence-electron chi connectivity index (χ0n) is 13.3. The van der Waals surface area contributed by atoms with Crippen LogP contribution in [0.1, 0.15) is 39.0 Å². The molecule has 124 valence electrons. The summed E-state index contributed by atoms with van der Waals surface area (Å²) in [6, 6.07) is 0. The SMILES string of the molecule is CCCCCS(=O)(=O)N1CCC[C@@H](CN2CCOCC2)C1. The van der Waals surface area contributed by atoms with E-state index in [0.29, 0.717) is 24.8 Å². The molecule has 0 aromatic heterocycles. The van der Waals surface area contributed by atoms with E-state index < -0.39 is 10.0 Å². The summed E-state index contributed by atoms with van der Waals surface area (Å²) in [5.74, 6) is 0.809. The number of hydrogen-bond donors (Lipinski definition) is 0. The summed E-state index contributed by atoms with van der Waals surface area (Å²) in [7, 11) is -3.04. The first-order valence-electron chi connectivity index (χ1n) is 8.39. The van der Waals surface area contributed by atoms with Crippen LogP contribution in [-0.4, -0.2) is 69.3 Å². The normalized spacial score (nSPS) is 26.0. The van der Waals surface area contributed by atoms with E-state index in [1.54, 1.807) is 4.31 Å². The van der Waals surface area contributed by atoms with Gasteiger partial charge in [0, 0.05) is 32.7 Å². The lowest BCUT2D eigenvalue weighted by Crippen LogP contribution is -2.46. The van der Waals surface area contributed by atoms with Crippen molar-refractivity contribution in [1.29, 1.82) is 0 Å². The minimum Gasteiger partial charge on any atom is -0.379 e. The van der Waals surface area contributed by atoms with Crippen molar-refractivity contribution in [1.82, 2.24) is 9.21 Å². The highest BCUT2D eigenvalue weighted by Gasteiger charge is 2.29. The summed E-state index contributed by atoms with van der Waals surface area (Å²) in [4.78, 5) is 2.42. The summed E-state index contributed by atoms with van der Waals surface area (Å²) in [6.45, 7) is 8.15. The molecule has 0 aromatic carbocycles. The Hall–Kier alpha value is -0.170. The lowest BCUT2D eigenvalue weighted by Gasteiger charge is -2.36. The van der Waals surface area contributed by atoms with E-state index in [0.717, 1.165) is 65.0 Å². The van der Waals surface area contributed by atoms with Gasteiger partial charge in [-0.3, -0.25) is 4.90 Å². The molecule has 0 unspecified atom stereocenters. The minimum absolute atomic E-state index is 0.325. The van der Waals surface area contributed by atoms with Crippen LogP contribution in [0.15, 0.2) is 0 Å². The number of sulfonamides is 1. The van der Waals surface area contributed by atoms with E-state index in [1.165, 1.54) is 0 Å². The summed E-state index contributed by atoms with van der Waals surface area (Å²) in [5, 5.41) is 0. The molecule has 0 aromatic rings. The van der Waals surface area contributed by atoms with Crippen molar-refractivity contribution in [3.63, 3.8) is 0 Å². The third kappa shape index (κ3) is 5.51. The molecule has 2 aliphatic heterocycles. The highest BCUT2D eigenvalue weighted by Crippen LogP contribution is 2.21. The topological polar surface area (TPSA) is 49.9 Å². The Bertz CT molecular complexity index is 394. The minimum atomic E-state index is -3.04. The fourth-order valence-electron chi connectivity index (χ4n) is 3.24. The van der Waals surface area contributed by atoms with Gasteiger partial charge in [0.1, 0.15) is 0 Å². The third-order valence-corrected chi connectivity index (χ3v) is 6.42. The Balaban J connectivity index is 1.81. The fourth-order valence-corrected chi connectivity index (χ4v) is 4.91. The molecule has 0 saturated carbocycles. The van der Waals surface area contributed by atoms with Crippen molar-refractivity contribution < 1.29 is 13.2 Å². The molecule has 6 heteroatoms. The fraction of sp³-hybridized carbons (Fsp3) is 1.00. The van der Waals surface area contributed by atoms with E-state index in [9.17, 15) is 8.42 Å². The second-order valence-electron chi connectivity index (χ2n) is 6.30. The number of piperidine rings is 1. The molecule has 2 heterocycles. The molecular formula is C15H30N2O3S. The summed E-state index contributed by atoms with van der Waals surface area (Å²) in [5.41, 5.74) is 0. The highest BCUT2D eigenvalue weighted by molar-refractivity contribution is 7.89. The molecule has 5 nitrogen and oxygen atoms in total. The summed E-state index contributed by atoms with van der Waals surface area (Å²) < 4.78 is 31.9. The molecule has 21 heavy (non-hydrogen) atoms. The van der Waals surface area contributed by atoms with Gasteiger partial charge < -0.3 is 4.74 Å². The van der Waals surface area contributed by atoms with Crippen LogP contribution in [0.5, 0.6) is 0 Å². The molecular weight excluding hydrogens is 288 g/mol. The number of rotatable bonds is 7. The summed E-state index contributed by atoms with van der Waals surface area (Å²) >= 11 is 0. The number of hydrogen-bond acceptors (Lipinski definition) is 4. The van der Waals surface area contributed by atoms with Crippen LogP contribution >= 0.6 is 0 Å². The van der Waals surface area contributed by atoms with Crippen LogP contribution in [0.4, 0.5) is 0 Å². The van der Waals surface area contributed by atoms with Crippen LogP contribution in [0.3, 0.4) is 0 Å². The maximum atomic E-state index is 12.4.